The minimum absolute atomic E-state index is 0. The second-order valence-corrected chi connectivity index (χ2v) is 6.22. The number of carbonyl (C=O) groups is 1. The summed E-state index contributed by atoms with van der Waals surface area (Å²) in [5, 5.41) is 3.71. The van der Waals surface area contributed by atoms with Gasteiger partial charge in [-0.1, -0.05) is 0 Å². The minimum atomic E-state index is -0.0739. The van der Waals surface area contributed by atoms with Crippen molar-refractivity contribution in [1.82, 2.24) is 20.3 Å². The summed E-state index contributed by atoms with van der Waals surface area (Å²) in [6.45, 7) is 0. The summed E-state index contributed by atoms with van der Waals surface area (Å²) < 4.78 is 0. The van der Waals surface area contributed by atoms with Crippen LogP contribution in [0.1, 0.15) is 35.4 Å². The van der Waals surface area contributed by atoms with Crippen LogP contribution in [0.4, 0.5) is 0 Å². The smallest absolute Gasteiger partial charge is 0.263 e. The number of nitrogens with zero attached hydrogens (tertiary/aromatic N) is 3. The van der Waals surface area contributed by atoms with E-state index in [9.17, 15) is 4.79 Å². The van der Waals surface area contributed by atoms with Gasteiger partial charge < -0.3 is 11.1 Å². The van der Waals surface area contributed by atoms with Crippen molar-refractivity contribution < 1.29 is 4.79 Å². The lowest BCUT2D eigenvalue weighted by Crippen LogP contribution is -2.40. The van der Waals surface area contributed by atoms with Gasteiger partial charge >= 0.3 is 0 Å². The molecule has 0 bridgehead atoms. The third kappa shape index (κ3) is 5.10. The van der Waals surface area contributed by atoms with Crippen LogP contribution < -0.4 is 11.1 Å². The molecule has 0 aliphatic heterocycles. The van der Waals surface area contributed by atoms with E-state index in [-0.39, 0.29) is 42.8 Å². The highest BCUT2D eigenvalue weighted by atomic mass is 35.5. The maximum atomic E-state index is 12.2. The highest BCUT2D eigenvalue weighted by Gasteiger charge is 2.21. The maximum absolute atomic E-state index is 12.2. The van der Waals surface area contributed by atoms with Crippen molar-refractivity contribution in [3.05, 3.63) is 29.5 Å². The molecule has 1 amide bonds. The minimum Gasteiger partial charge on any atom is -0.349 e. The van der Waals surface area contributed by atoms with Gasteiger partial charge in [0.05, 0.1) is 6.20 Å². The van der Waals surface area contributed by atoms with E-state index in [1.54, 1.807) is 24.7 Å². The normalized spacial score (nSPS) is 20.0. The van der Waals surface area contributed by atoms with Gasteiger partial charge in [-0.25, -0.2) is 15.0 Å². The number of halogens is 2. The summed E-state index contributed by atoms with van der Waals surface area (Å²) in [5.74, 6) is 0.473. The molecular weight excluding hydrogens is 357 g/mol. The van der Waals surface area contributed by atoms with Crippen LogP contribution in [-0.2, 0) is 0 Å². The van der Waals surface area contributed by atoms with Gasteiger partial charge in [0.1, 0.15) is 4.88 Å². The van der Waals surface area contributed by atoms with Gasteiger partial charge in [-0.05, 0) is 31.7 Å². The van der Waals surface area contributed by atoms with Crippen molar-refractivity contribution in [2.45, 2.75) is 37.8 Å². The lowest BCUT2D eigenvalue weighted by molar-refractivity contribution is 0.0930. The molecule has 0 radical (unpaired) electrons. The van der Waals surface area contributed by atoms with Gasteiger partial charge in [-0.15, -0.1) is 36.2 Å². The van der Waals surface area contributed by atoms with E-state index >= 15 is 0 Å². The summed E-state index contributed by atoms with van der Waals surface area (Å²) in [6, 6.07) is 2.25. The summed E-state index contributed by atoms with van der Waals surface area (Å²) in [5.41, 5.74) is 5.87. The van der Waals surface area contributed by atoms with Crippen molar-refractivity contribution in [1.29, 1.82) is 0 Å². The van der Waals surface area contributed by atoms with Crippen molar-refractivity contribution in [3.8, 4) is 10.8 Å². The van der Waals surface area contributed by atoms with Crippen molar-refractivity contribution in [3.63, 3.8) is 0 Å². The summed E-state index contributed by atoms with van der Waals surface area (Å²) in [4.78, 5) is 25.3. The lowest BCUT2D eigenvalue weighted by Gasteiger charge is -2.26. The Bertz CT molecular complexity index is 617. The largest absolute Gasteiger partial charge is 0.349 e. The van der Waals surface area contributed by atoms with Gasteiger partial charge in [-0.2, -0.15) is 0 Å². The van der Waals surface area contributed by atoms with Crippen LogP contribution in [0.2, 0.25) is 0 Å². The number of thiazole rings is 1. The Kier molecular flexibility index (Phi) is 7.84. The fraction of sp³-hybridized carbons (Fsp3) is 0.429. The molecule has 2 heterocycles. The number of carbonyl (C=O) groups excluding carboxylic acids is 1. The Balaban J connectivity index is 0.00000132. The van der Waals surface area contributed by atoms with Gasteiger partial charge in [0.2, 0.25) is 0 Å². The van der Waals surface area contributed by atoms with Crippen LogP contribution in [0, 0.1) is 0 Å². The Morgan fingerprint density at radius 3 is 2.43 bits per heavy atom. The van der Waals surface area contributed by atoms with Gasteiger partial charge in [0.25, 0.3) is 5.91 Å². The van der Waals surface area contributed by atoms with E-state index in [4.69, 9.17) is 5.73 Å². The van der Waals surface area contributed by atoms with E-state index in [0.717, 1.165) is 25.7 Å². The molecule has 1 fully saturated rings. The van der Waals surface area contributed by atoms with Crippen LogP contribution in [0.3, 0.4) is 0 Å². The number of rotatable bonds is 3. The first kappa shape index (κ1) is 19.8. The molecule has 1 aliphatic carbocycles. The second kappa shape index (κ2) is 9.12. The summed E-state index contributed by atoms with van der Waals surface area (Å²) in [7, 11) is 0. The SMILES string of the molecule is Cl.Cl.NC1CCC(NC(=O)c2cnc(-c3ncccn3)s2)CC1. The molecule has 1 aliphatic rings. The number of amides is 1. The molecule has 0 aromatic carbocycles. The zero-order chi connectivity index (χ0) is 14.7. The van der Waals surface area contributed by atoms with Crippen LogP contribution in [0.15, 0.2) is 24.7 Å². The van der Waals surface area contributed by atoms with Crippen molar-refractivity contribution in [2.75, 3.05) is 0 Å². The highest BCUT2D eigenvalue weighted by molar-refractivity contribution is 7.16. The number of nitrogens with one attached hydrogen (secondary N) is 1. The van der Waals surface area contributed by atoms with Crippen molar-refractivity contribution >= 4 is 42.1 Å². The fourth-order valence-electron chi connectivity index (χ4n) is 2.41. The van der Waals surface area contributed by atoms with Crippen molar-refractivity contribution in [2.24, 2.45) is 5.73 Å². The molecule has 1 saturated carbocycles. The van der Waals surface area contributed by atoms with E-state index in [1.165, 1.54) is 11.3 Å². The molecular formula is C14H19Cl2N5OS. The van der Waals surface area contributed by atoms with Crippen LogP contribution in [-0.4, -0.2) is 32.9 Å². The molecule has 0 unspecified atom stereocenters. The van der Waals surface area contributed by atoms with Crippen LogP contribution in [0.5, 0.6) is 0 Å². The van der Waals surface area contributed by atoms with Gasteiger partial charge in [0.15, 0.2) is 10.8 Å². The Labute approximate surface area is 151 Å². The molecule has 126 valence electrons. The van der Waals surface area contributed by atoms with Gasteiger partial charge in [-0.3, -0.25) is 4.79 Å². The second-order valence-electron chi connectivity index (χ2n) is 5.19. The molecule has 0 spiro atoms. The highest BCUT2D eigenvalue weighted by Crippen LogP contribution is 2.22. The van der Waals surface area contributed by atoms with Crippen LogP contribution in [0.25, 0.3) is 10.8 Å². The third-order valence-electron chi connectivity index (χ3n) is 3.59. The summed E-state index contributed by atoms with van der Waals surface area (Å²) >= 11 is 1.31. The molecule has 2 aromatic rings. The first-order chi connectivity index (χ1) is 10.2. The molecule has 3 N–H and O–H groups in total. The zero-order valence-corrected chi connectivity index (χ0v) is 14.8. The average Bonchev–Trinajstić information content (AvgIpc) is 3.00. The lowest BCUT2D eigenvalue weighted by atomic mass is 9.92. The number of hydrogen-bond donors (Lipinski definition) is 2. The van der Waals surface area contributed by atoms with Crippen LogP contribution >= 0.6 is 36.2 Å². The Morgan fingerprint density at radius 2 is 1.78 bits per heavy atom. The predicted molar refractivity (Wildman–Crippen MR) is 95.3 cm³/mol. The van der Waals surface area contributed by atoms with E-state index in [0.29, 0.717) is 15.7 Å². The number of hydrogen-bond acceptors (Lipinski definition) is 6. The van der Waals surface area contributed by atoms with E-state index < -0.39 is 0 Å². The molecule has 23 heavy (non-hydrogen) atoms. The Hall–Kier alpha value is -1.28. The average molecular weight is 376 g/mol. The molecule has 2 aromatic heterocycles. The topological polar surface area (TPSA) is 93.8 Å². The zero-order valence-electron chi connectivity index (χ0n) is 12.3. The quantitative estimate of drug-likeness (QED) is 0.858. The van der Waals surface area contributed by atoms with E-state index in [2.05, 4.69) is 20.3 Å². The maximum Gasteiger partial charge on any atom is 0.263 e. The first-order valence-corrected chi connectivity index (χ1v) is 7.83. The number of nitrogens with two attached hydrogens (primary N) is 1. The molecule has 0 saturated heterocycles. The first-order valence-electron chi connectivity index (χ1n) is 7.02. The summed E-state index contributed by atoms with van der Waals surface area (Å²) in [6.07, 6.45) is 8.73. The predicted octanol–water partition coefficient (Wildman–Crippen LogP) is 2.44. The molecule has 9 heteroatoms. The standard InChI is InChI=1S/C14H17N5OS.2ClH/c15-9-2-4-10(5-3-9)19-13(20)11-8-18-14(21-11)12-16-6-1-7-17-12;;/h1,6-10H,2-5,15H2,(H,19,20);2*1H. The van der Waals surface area contributed by atoms with Gasteiger partial charge in [0, 0.05) is 24.5 Å². The number of aromatic nitrogens is 3. The molecule has 3 rings (SSSR count). The monoisotopic (exact) mass is 375 g/mol. The third-order valence-corrected chi connectivity index (χ3v) is 4.59. The molecule has 6 nitrogen and oxygen atoms in total. The molecule has 0 atom stereocenters. The fourth-order valence-corrected chi connectivity index (χ4v) is 3.18. The Morgan fingerprint density at radius 1 is 1.13 bits per heavy atom. The van der Waals surface area contributed by atoms with E-state index in [1.807, 2.05) is 0 Å².